The minimum absolute atomic E-state index is 0.117. The van der Waals surface area contributed by atoms with Crippen molar-refractivity contribution in [1.29, 1.82) is 0 Å². The Morgan fingerprint density at radius 3 is 2.48 bits per heavy atom. The summed E-state index contributed by atoms with van der Waals surface area (Å²) in [5, 5.41) is 6.27. The van der Waals surface area contributed by atoms with Gasteiger partial charge in [0.1, 0.15) is 5.75 Å². The largest absolute Gasteiger partial charge is 0.491 e. The first-order valence-corrected chi connectivity index (χ1v) is 7.87. The Morgan fingerprint density at radius 1 is 1.17 bits per heavy atom. The number of amides is 1. The smallest absolute Gasteiger partial charge is 0.257 e. The molecule has 0 aromatic heterocycles. The van der Waals surface area contributed by atoms with E-state index < -0.39 is 0 Å². The van der Waals surface area contributed by atoms with Crippen molar-refractivity contribution in [2.24, 2.45) is 0 Å². The third kappa shape index (κ3) is 5.54. The molecule has 120 valence electrons. The molecular formula is C17H17ClN2O2S. The van der Waals surface area contributed by atoms with Crippen molar-refractivity contribution in [2.75, 3.05) is 5.32 Å². The average Bonchev–Trinajstić information content (AvgIpc) is 2.48. The molecule has 0 atom stereocenters. The molecule has 2 aromatic carbocycles. The van der Waals surface area contributed by atoms with Crippen molar-refractivity contribution in [1.82, 2.24) is 5.32 Å². The Balaban J connectivity index is 1.93. The molecule has 0 saturated heterocycles. The van der Waals surface area contributed by atoms with Gasteiger partial charge in [-0.15, -0.1) is 0 Å². The quantitative estimate of drug-likeness (QED) is 0.811. The van der Waals surface area contributed by atoms with Gasteiger partial charge in [-0.1, -0.05) is 17.7 Å². The zero-order valence-electron chi connectivity index (χ0n) is 12.8. The number of benzene rings is 2. The topological polar surface area (TPSA) is 50.4 Å². The number of hydrogen-bond acceptors (Lipinski definition) is 3. The average molecular weight is 349 g/mol. The van der Waals surface area contributed by atoms with Crippen LogP contribution in [0.2, 0.25) is 5.02 Å². The van der Waals surface area contributed by atoms with Crippen LogP contribution in [0.4, 0.5) is 5.69 Å². The number of hydrogen-bond donors (Lipinski definition) is 2. The summed E-state index contributed by atoms with van der Waals surface area (Å²) in [5.74, 6) is 0.462. The van der Waals surface area contributed by atoms with E-state index in [0.717, 1.165) is 11.4 Å². The minimum atomic E-state index is -0.315. The van der Waals surface area contributed by atoms with Gasteiger partial charge in [0.15, 0.2) is 5.11 Å². The number of thiocarbonyl (C=S) groups is 1. The Hall–Kier alpha value is -2.11. The van der Waals surface area contributed by atoms with E-state index in [0.29, 0.717) is 10.6 Å². The lowest BCUT2D eigenvalue weighted by Gasteiger charge is -2.12. The molecule has 0 heterocycles. The highest BCUT2D eigenvalue weighted by Crippen LogP contribution is 2.17. The number of halogens is 1. The Bertz CT molecular complexity index is 702. The van der Waals surface area contributed by atoms with Crippen molar-refractivity contribution in [3.8, 4) is 5.75 Å². The molecule has 0 bridgehead atoms. The first-order valence-electron chi connectivity index (χ1n) is 7.08. The molecule has 4 nitrogen and oxygen atoms in total. The predicted octanol–water partition coefficient (Wildman–Crippen LogP) is 4.25. The monoisotopic (exact) mass is 348 g/mol. The molecule has 23 heavy (non-hydrogen) atoms. The van der Waals surface area contributed by atoms with Crippen molar-refractivity contribution in [3.05, 3.63) is 59.1 Å². The van der Waals surface area contributed by atoms with Crippen LogP contribution in [0.1, 0.15) is 24.2 Å². The molecular weight excluding hydrogens is 332 g/mol. The molecule has 0 aliphatic carbocycles. The van der Waals surface area contributed by atoms with Crippen LogP contribution in [-0.2, 0) is 0 Å². The highest BCUT2D eigenvalue weighted by Gasteiger charge is 2.08. The second-order valence-electron chi connectivity index (χ2n) is 5.11. The van der Waals surface area contributed by atoms with Crippen LogP contribution in [-0.4, -0.2) is 17.1 Å². The van der Waals surface area contributed by atoms with Crippen LogP contribution in [0.15, 0.2) is 48.5 Å². The molecule has 1 amide bonds. The van der Waals surface area contributed by atoms with Crippen LogP contribution >= 0.6 is 23.8 Å². The SMILES string of the molecule is CC(C)Oc1ccc(NC(=S)NC(=O)c2cccc(Cl)c2)cc1. The summed E-state index contributed by atoms with van der Waals surface area (Å²) in [4.78, 5) is 12.1. The molecule has 2 aromatic rings. The van der Waals surface area contributed by atoms with E-state index in [9.17, 15) is 4.79 Å². The van der Waals surface area contributed by atoms with Gasteiger partial charge in [-0.2, -0.15) is 0 Å². The second-order valence-corrected chi connectivity index (χ2v) is 5.95. The van der Waals surface area contributed by atoms with Crippen molar-refractivity contribution in [2.45, 2.75) is 20.0 Å². The summed E-state index contributed by atoms with van der Waals surface area (Å²) in [6.45, 7) is 3.93. The second kappa shape index (κ2) is 7.94. The number of anilines is 1. The van der Waals surface area contributed by atoms with Gasteiger partial charge in [0.2, 0.25) is 0 Å². The van der Waals surface area contributed by atoms with Crippen LogP contribution in [0.5, 0.6) is 5.75 Å². The Kier molecular flexibility index (Phi) is 5.96. The Labute approximate surface area is 145 Å². The van der Waals surface area contributed by atoms with Gasteiger partial charge in [0.05, 0.1) is 6.10 Å². The highest BCUT2D eigenvalue weighted by molar-refractivity contribution is 7.80. The summed E-state index contributed by atoms with van der Waals surface area (Å²) in [6, 6.07) is 14.0. The number of rotatable bonds is 4. The van der Waals surface area contributed by atoms with Gasteiger partial charge in [-0.05, 0) is 68.5 Å². The van der Waals surface area contributed by atoms with Gasteiger partial charge in [0.25, 0.3) is 5.91 Å². The summed E-state index contributed by atoms with van der Waals surface area (Å²) in [5.41, 5.74) is 1.21. The minimum Gasteiger partial charge on any atom is -0.491 e. The Morgan fingerprint density at radius 2 is 1.87 bits per heavy atom. The van der Waals surface area contributed by atoms with E-state index in [1.165, 1.54) is 0 Å². The van der Waals surface area contributed by atoms with E-state index in [1.807, 2.05) is 38.1 Å². The molecule has 0 fully saturated rings. The fourth-order valence-electron chi connectivity index (χ4n) is 1.86. The molecule has 0 aliphatic heterocycles. The van der Waals surface area contributed by atoms with Crippen molar-refractivity contribution < 1.29 is 9.53 Å². The number of carbonyl (C=O) groups is 1. The maximum absolute atomic E-state index is 12.1. The van der Waals surface area contributed by atoms with E-state index in [-0.39, 0.29) is 17.1 Å². The van der Waals surface area contributed by atoms with Crippen LogP contribution < -0.4 is 15.4 Å². The summed E-state index contributed by atoms with van der Waals surface area (Å²) < 4.78 is 5.56. The zero-order valence-corrected chi connectivity index (χ0v) is 14.4. The lowest BCUT2D eigenvalue weighted by Crippen LogP contribution is -2.34. The zero-order chi connectivity index (χ0) is 16.8. The summed E-state index contributed by atoms with van der Waals surface area (Å²) in [6.07, 6.45) is 0.117. The molecule has 0 radical (unpaired) electrons. The van der Waals surface area contributed by atoms with E-state index >= 15 is 0 Å². The number of carbonyl (C=O) groups excluding carboxylic acids is 1. The lowest BCUT2D eigenvalue weighted by molar-refractivity contribution is 0.0977. The van der Waals surface area contributed by atoms with E-state index in [1.54, 1.807) is 24.3 Å². The van der Waals surface area contributed by atoms with Crippen molar-refractivity contribution in [3.63, 3.8) is 0 Å². The van der Waals surface area contributed by atoms with Gasteiger partial charge in [-0.3, -0.25) is 10.1 Å². The molecule has 6 heteroatoms. The summed E-state index contributed by atoms with van der Waals surface area (Å²) >= 11 is 11.0. The maximum Gasteiger partial charge on any atom is 0.257 e. The van der Waals surface area contributed by atoms with E-state index in [4.69, 9.17) is 28.6 Å². The molecule has 0 spiro atoms. The normalized spacial score (nSPS) is 10.3. The molecule has 0 saturated carbocycles. The number of nitrogens with one attached hydrogen (secondary N) is 2. The highest BCUT2D eigenvalue weighted by atomic mass is 35.5. The molecule has 2 N–H and O–H groups in total. The van der Waals surface area contributed by atoms with Gasteiger partial charge in [-0.25, -0.2) is 0 Å². The van der Waals surface area contributed by atoms with Gasteiger partial charge < -0.3 is 10.1 Å². The fraction of sp³-hybridized carbons (Fsp3) is 0.176. The third-order valence-electron chi connectivity index (χ3n) is 2.80. The summed E-state index contributed by atoms with van der Waals surface area (Å²) in [7, 11) is 0. The van der Waals surface area contributed by atoms with E-state index in [2.05, 4.69) is 10.6 Å². The molecule has 2 rings (SSSR count). The van der Waals surface area contributed by atoms with Crippen LogP contribution in [0.25, 0.3) is 0 Å². The maximum atomic E-state index is 12.1. The molecule has 0 unspecified atom stereocenters. The van der Waals surface area contributed by atoms with Crippen LogP contribution in [0.3, 0.4) is 0 Å². The first kappa shape index (κ1) is 17.2. The lowest BCUT2D eigenvalue weighted by atomic mass is 10.2. The van der Waals surface area contributed by atoms with Gasteiger partial charge >= 0.3 is 0 Å². The predicted molar refractivity (Wildman–Crippen MR) is 97.3 cm³/mol. The van der Waals surface area contributed by atoms with Crippen LogP contribution in [0, 0.1) is 0 Å². The first-order chi connectivity index (χ1) is 10.9. The standard InChI is InChI=1S/C17H17ClN2O2S/c1-11(2)22-15-8-6-14(7-9-15)19-17(23)20-16(21)12-4-3-5-13(18)10-12/h3-11H,1-2H3,(H2,19,20,21,23). The third-order valence-corrected chi connectivity index (χ3v) is 3.24. The fourth-order valence-corrected chi connectivity index (χ4v) is 2.26. The number of ether oxygens (including phenoxy) is 1. The van der Waals surface area contributed by atoms with Gasteiger partial charge in [0, 0.05) is 16.3 Å². The molecule has 0 aliphatic rings. The van der Waals surface area contributed by atoms with Crippen molar-refractivity contribution >= 4 is 40.5 Å².